The molecule has 0 saturated heterocycles. The van der Waals surface area contributed by atoms with Gasteiger partial charge in [-0.25, -0.2) is 0 Å². The minimum Gasteiger partial charge on any atom is -0.485 e. The molecule has 1 aromatic heterocycles. The highest BCUT2D eigenvalue weighted by Crippen LogP contribution is 2.24. The third-order valence-electron chi connectivity index (χ3n) is 2.24. The van der Waals surface area contributed by atoms with Crippen molar-refractivity contribution in [2.24, 2.45) is 5.73 Å². The summed E-state index contributed by atoms with van der Waals surface area (Å²) in [6.07, 6.45) is 1.19. The smallest absolute Gasteiger partial charge is 0.270 e. The van der Waals surface area contributed by atoms with Crippen LogP contribution in [0.5, 0.6) is 5.75 Å². The van der Waals surface area contributed by atoms with Gasteiger partial charge >= 0.3 is 0 Å². The second kappa shape index (κ2) is 5.23. The predicted molar refractivity (Wildman–Crippen MR) is 59.6 cm³/mol. The Balaban J connectivity index is 2.14. The molecule has 0 unspecified atom stereocenters. The van der Waals surface area contributed by atoms with E-state index in [0.717, 1.165) is 0 Å². The van der Waals surface area contributed by atoms with Gasteiger partial charge in [0.25, 0.3) is 5.69 Å². The first-order valence-corrected chi connectivity index (χ1v) is 5.06. The van der Waals surface area contributed by atoms with Crippen LogP contribution in [0.25, 0.3) is 0 Å². The molecule has 0 aliphatic heterocycles. The Morgan fingerprint density at radius 2 is 2.33 bits per heavy atom. The van der Waals surface area contributed by atoms with Gasteiger partial charge in [0.15, 0.2) is 6.61 Å². The van der Waals surface area contributed by atoms with Crippen LogP contribution in [0.2, 0.25) is 0 Å². The van der Waals surface area contributed by atoms with Crippen LogP contribution in [0.1, 0.15) is 11.4 Å². The maximum absolute atomic E-state index is 10.6. The molecule has 0 spiro atoms. The number of hydrogen-bond donors (Lipinski definition) is 1. The zero-order valence-corrected chi connectivity index (χ0v) is 9.28. The topological polar surface area (TPSA) is 117 Å². The number of nitro groups is 1. The molecule has 0 aliphatic carbocycles. The van der Waals surface area contributed by atoms with Crippen molar-refractivity contribution in [1.82, 2.24) is 10.1 Å². The summed E-state index contributed by atoms with van der Waals surface area (Å²) < 4.78 is 9.97. The van der Waals surface area contributed by atoms with Crippen LogP contribution in [-0.2, 0) is 13.2 Å². The fraction of sp³-hybridized carbons (Fsp3) is 0.200. The highest BCUT2D eigenvalue weighted by atomic mass is 16.6. The van der Waals surface area contributed by atoms with Crippen molar-refractivity contribution < 1.29 is 14.2 Å². The standard InChI is InChI=1S/C10H10N4O4/c11-4-7-3-8(14(15)16)1-2-9(7)17-5-10-12-6-18-13-10/h1-3,6H,4-5,11H2. The maximum Gasteiger partial charge on any atom is 0.270 e. The second-order valence-corrected chi connectivity index (χ2v) is 3.39. The third kappa shape index (κ3) is 2.61. The van der Waals surface area contributed by atoms with Crippen LogP contribution in [0.3, 0.4) is 0 Å². The quantitative estimate of drug-likeness (QED) is 0.621. The second-order valence-electron chi connectivity index (χ2n) is 3.39. The lowest BCUT2D eigenvalue weighted by Gasteiger charge is -2.08. The number of ether oxygens (including phenoxy) is 1. The summed E-state index contributed by atoms with van der Waals surface area (Å²) in [4.78, 5) is 13.9. The third-order valence-corrected chi connectivity index (χ3v) is 2.24. The zero-order valence-electron chi connectivity index (χ0n) is 9.28. The molecule has 8 heteroatoms. The number of non-ortho nitro benzene ring substituents is 1. The summed E-state index contributed by atoms with van der Waals surface area (Å²) in [5, 5.41) is 14.2. The van der Waals surface area contributed by atoms with E-state index in [9.17, 15) is 10.1 Å². The Kier molecular flexibility index (Phi) is 3.49. The molecule has 0 bridgehead atoms. The number of hydrogen-bond acceptors (Lipinski definition) is 7. The average molecular weight is 250 g/mol. The number of nitrogens with two attached hydrogens (primary N) is 1. The van der Waals surface area contributed by atoms with E-state index in [-0.39, 0.29) is 18.8 Å². The number of benzene rings is 1. The van der Waals surface area contributed by atoms with Crippen molar-refractivity contribution in [3.05, 3.63) is 46.1 Å². The zero-order chi connectivity index (χ0) is 13.0. The van der Waals surface area contributed by atoms with Crippen LogP contribution in [0, 0.1) is 10.1 Å². The van der Waals surface area contributed by atoms with Gasteiger partial charge in [0, 0.05) is 24.2 Å². The molecule has 0 atom stereocenters. The molecule has 0 saturated carbocycles. The van der Waals surface area contributed by atoms with Gasteiger partial charge in [-0.15, -0.1) is 0 Å². The Bertz CT molecular complexity index is 541. The van der Waals surface area contributed by atoms with Gasteiger partial charge < -0.3 is 15.0 Å². The molecular weight excluding hydrogens is 240 g/mol. The van der Waals surface area contributed by atoms with E-state index < -0.39 is 4.92 Å². The summed E-state index contributed by atoms with van der Waals surface area (Å²) in [6.45, 7) is 0.255. The highest BCUT2D eigenvalue weighted by Gasteiger charge is 2.11. The normalized spacial score (nSPS) is 10.3. The molecule has 2 N–H and O–H groups in total. The Labute approximate surface area is 102 Å². The van der Waals surface area contributed by atoms with Gasteiger partial charge in [-0.3, -0.25) is 10.1 Å². The van der Waals surface area contributed by atoms with E-state index in [1.807, 2.05) is 0 Å². The predicted octanol–water partition coefficient (Wildman–Crippen LogP) is 1.02. The van der Waals surface area contributed by atoms with E-state index in [1.165, 1.54) is 24.6 Å². The van der Waals surface area contributed by atoms with Crippen molar-refractivity contribution in [2.75, 3.05) is 0 Å². The van der Waals surface area contributed by atoms with Crippen LogP contribution in [-0.4, -0.2) is 15.1 Å². The number of aromatic nitrogens is 2. The molecule has 1 aromatic carbocycles. The SMILES string of the molecule is NCc1cc([N+](=O)[O-])ccc1OCc1ncon1. The van der Waals surface area contributed by atoms with Crippen molar-refractivity contribution in [2.45, 2.75) is 13.2 Å². The Hall–Kier alpha value is -2.48. The lowest BCUT2D eigenvalue weighted by atomic mass is 10.2. The molecule has 0 fully saturated rings. The van der Waals surface area contributed by atoms with E-state index in [0.29, 0.717) is 17.1 Å². The fourth-order valence-corrected chi connectivity index (χ4v) is 1.38. The molecule has 2 rings (SSSR count). The number of nitrogens with zero attached hydrogens (tertiary/aromatic N) is 3. The lowest BCUT2D eigenvalue weighted by molar-refractivity contribution is -0.384. The van der Waals surface area contributed by atoms with Gasteiger partial charge in [-0.05, 0) is 6.07 Å². The summed E-state index contributed by atoms with van der Waals surface area (Å²) >= 11 is 0. The molecule has 0 aliphatic rings. The van der Waals surface area contributed by atoms with Crippen molar-refractivity contribution in [1.29, 1.82) is 0 Å². The average Bonchev–Trinajstić information content (AvgIpc) is 2.89. The molecule has 0 radical (unpaired) electrons. The summed E-state index contributed by atoms with van der Waals surface area (Å²) in [6, 6.07) is 4.23. The van der Waals surface area contributed by atoms with Gasteiger partial charge in [-0.1, -0.05) is 5.16 Å². The van der Waals surface area contributed by atoms with E-state index in [2.05, 4.69) is 14.7 Å². The lowest BCUT2D eigenvalue weighted by Crippen LogP contribution is -2.04. The fourth-order valence-electron chi connectivity index (χ4n) is 1.38. The van der Waals surface area contributed by atoms with Crippen LogP contribution in [0.4, 0.5) is 5.69 Å². The van der Waals surface area contributed by atoms with E-state index in [4.69, 9.17) is 10.5 Å². The van der Waals surface area contributed by atoms with Crippen molar-refractivity contribution in [3.63, 3.8) is 0 Å². The summed E-state index contributed by atoms with van der Waals surface area (Å²) in [5.41, 5.74) is 6.04. The molecule has 0 amide bonds. The van der Waals surface area contributed by atoms with Gasteiger partial charge in [0.1, 0.15) is 5.75 Å². The van der Waals surface area contributed by atoms with Gasteiger partial charge in [0.2, 0.25) is 12.2 Å². The van der Waals surface area contributed by atoms with Gasteiger partial charge in [-0.2, -0.15) is 4.98 Å². The van der Waals surface area contributed by atoms with Crippen molar-refractivity contribution in [3.8, 4) is 5.75 Å². The minimum atomic E-state index is -0.484. The summed E-state index contributed by atoms with van der Waals surface area (Å²) in [7, 11) is 0. The Morgan fingerprint density at radius 1 is 1.50 bits per heavy atom. The Morgan fingerprint density at radius 3 is 2.94 bits per heavy atom. The van der Waals surface area contributed by atoms with E-state index in [1.54, 1.807) is 0 Å². The number of rotatable bonds is 5. The van der Waals surface area contributed by atoms with Crippen LogP contribution in [0.15, 0.2) is 29.1 Å². The highest BCUT2D eigenvalue weighted by molar-refractivity contribution is 5.43. The molecule has 8 nitrogen and oxygen atoms in total. The first-order valence-electron chi connectivity index (χ1n) is 5.06. The molecule has 2 aromatic rings. The van der Waals surface area contributed by atoms with Gasteiger partial charge in [0.05, 0.1) is 4.92 Å². The largest absolute Gasteiger partial charge is 0.485 e. The van der Waals surface area contributed by atoms with E-state index >= 15 is 0 Å². The maximum atomic E-state index is 10.6. The first kappa shape index (κ1) is 12.0. The first-order chi connectivity index (χ1) is 8.70. The molecule has 1 heterocycles. The molecule has 94 valence electrons. The summed E-state index contributed by atoms with van der Waals surface area (Å²) in [5.74, 6) is 0.851. The minimum absolute atomic E-state index is 0.0256. The van der Waals surface area contributed by atoms with Crippen molar-refractivity contribution >= 4 is 5.69 Å². The monoisotopic (exact) mass is 250 g/mol. The molecular formula is C10H10N4O4. The number of nitro benzene ring substituents is 1. The van der Waals surface area contributed by atoms with Crippen LogP contribution >= 0.6 is 0 Å². The molecule has 18 heavy (non-hydrogen) atoms. The van der Waals surface area contributed by atoms with Crippen LogP contribution < -0.4 is 10.5 Å².